The van der Waals surface area contributed by atoms with Crippen LogP contribution in [0.1, 0.15) is 43.7 Å². The van der Waals surface area contributed by atoms with Crippen molar-refractivity contribution in [2.45, 2.75) is 44.2 Å². The number of aliphatic hydroxyl groups excluding tert-OH is 1. The first-order chi connectivity index (χ1) is 10.3. The number of hydrogen-bond acceptors (Lipinski definition) is 4. The molecule has 0 radical (unpaired) electrons. The van der Waals surface area contributed by atoms with Gasteiger partial charge in [0.05, 0.1) is 0 Å². The Morgan fingerprint density at radius 3 is 2.76 bits per heavy atom. The summed E-state index contributed by atoms with van der Waals surface area (Å²) in [5.41, 5.74) is 6.94. The van der Waals surface area contributed by atoms with Crippen molar-refractivity contribution in [3.8, 4) is 0 Å². The summed E-state index contributed by atoms with van der Waals surface area (Å²) in [4.78, 5) is 2.41. The summed E-state index contributed by atoms with van der Waals surface area (Å²) in [6, 6.07) is 10.6. The van der Waals surface area contributed by atoms with Gasteiger partial charge in [-0.15, -0.1) is 0 Å². The highest BCUT2D eigenvalue weighted by molar-refractivity contribution is 5.80. The van der Waals surface area contributed by atoms with Crippen molar-refractivity contribution in [3.05, 3.63) is 35.9 Å². The Labute approximate surface area is 126 Å². The molecule has 1 aromatic rings. The van der Waals surface area contributed by atoms with E-state index < -0.39 is 0 Å². The summed E-state index contributed by atoms with van der Waals surface area (Å²) in [6.45, 7) is 1.19. The first kappa shape index (κ1) is 15.8. The molecule has 1 aromatic carbocycles. The van der Waals surface area contributed by atoms with Crippen LogP contribution in [0.4, 0.5) is 0 Å². The van der Waals surface area contributed by atoms with E-state index in [2.05, 4.69) is 22.2 Å². The van der Waals surface area contributed by atoms with E-state index in [1.807, 2.05) is 18.2 Å². The van der Waals surface area contributed by atoms with E-state index in [0.29, 0.717) is 12.5 Å². The van der Waals surface area contributed by atoms with Gasteiger partial charge in [0.2, 0.25) is 0 Å². The second-order valence-electron chi connectivity index (χ2n) is 5.62. The van der Waals surface area contributed by atoms with Crippen LogP contribution in [0.15, 0.2) is 35.5 Å². The van der Waals surface area contributed by atoms with Crippen LogP contribution in [0.2, 0.25) is 0 Å². The number of aliphatic hydroxyl groups is 1. The lowest BCUT2D eigenvalue weighted by molar-refractivity contribution is 0.0772. The van der Waals surface area contributed by atoms with Crippen LogP contribution in [-0.4, -0.2) is 40.2 Å². The summed E-state index contributed by atoms with van der Waals surface area (Å²) in [5.74, 6) is 0.247. The summed E-state index contributed by atoms with van der Waals surface area (Å²) >= 11 is 0. The summed E-state index contributed by atoms with van der Waals surface area (Å²) in [7, 11) is 0. The van der Waals surface area contributed by atoms with Gasteiger partial charge in [0, 0.05) is 25.1 Å². The van der Waals surface area contributed by atoms with Crippen molar-refractivity contribution in [2.75, 3.05) is 13.2 Å². The quantitative estimate of drug-likeness (QED) is 0.324. The molecule has 5 nitrogen and oxygen atoms in total. The maximum absolute atomic E-state index is 9.30. The van der Waals surface area contributed by atoms with Gasteiger partial charge in [0.1, 0.15) is 5.84 Å². The van der Waals surface area contributed by atoms with Crippen molar-refractivity contribution < 1.29 is 10.3 Å². The van der Waals surface area contributed by atoms with Crippen LogP contribution < -0.4 is 5.73 Å². The predicted octanol–water partition coefficient (Wildman–Crippen LogP) is 2.10. The van der Waals surface area contributed by atoms with E-state index >= 15 is 0 Å². The lowest BCUT2D eigenvalue weighted by Crippen LogP contribution is -2.43. The van der Waals surface area contributed by atoms with Crippen LogP contribution >= 0.6 is 0 Å². The molecule has 0 aliphatic carbocycles. The van der Waals surface area contributed by atoms with Gasteiger partial charge < -0.3 is 16.0 Å². The molecule has 0 saturated carbocycles. The molecule has 2 rings (SSSR count). The van der Waals surface area contributed by atoms with Crippen molar-refractivity contribution in [1.82, 2.24) is 4.90 Å². The largest absolute Gasteiger partial charge is 0.409 e. The van der Waals surface area contributed by atoms with Crippen molar-refractivity contribution in [1.29, 1.82) is 0 Å². The van der Waals surface area contributed by atoms with E-state index in [4.69, 9.17) is 10.9 Å². The average molecular weight is 291 g/mol. The number of benzene rings is 1. The van der Waals surface area contributed by atoms with Crippen LogP contribution in [-0.2, 0) is 0 Å². The number of piperidine rings is 1. The van der Waals surface area contributed by atoms with Crippen LogP contribution in [0.5, 0.6) is 0 Å². The van der Waals surface area contributed by atoms with Gasteiger partial charge in [-0.2, -0.15) is 0 Å². The number of nitrogens with two attached hydrogens (primary N) is 1. The number of oxime groups is 1. The molecule has 2 unspecified atom stereocenters. The van der Waals surface area contributed by atoms with Gasteiger partial charge in [-0.1, -0.05) is 41.9 Å². The Morgan fingerprint density at radius 1 is 1.33 bits per heavy atom. The maximum Gasteiger partial charge on any atom is 0.141 e. The SMILES string of the molecule is NC(CC(c1ccccc1)N1CCCCC1CCO)=NO. The minimum absolute atomic E-state index is 0.0962. The van der Waals surface area contributed by atoms with Crippen molar-refractivity contribution >= 4 is 5.84 Å². The molecule has 116 valence electrons. The predicted molar refractivity (Wildman–Crippen MR) is 83.3 cm³/mol. The topological polar surface area (TPSA) is 82.1 Å². The minimum Gasteiger partial charge on any atom is -0.409 e. The van der Waals surface area contributed by atoms with Crippen molar-refractivity contribution in [2.24, 2.45) is 10.9 Å². The molecule has 0 bridgehead atoms. The fraction of sp³-hybridized carbons (Fsp3) is 0.562. The van der Waals surface area contributed by atoms with Crippen LogP contribution in [0.3, 0.4) is 0 Å². The third kappa shape index (κ3) is 4.19. The first-order valence-corrected chi connectivity index (χ1v) is 7.64. The molecule has 1 aliphatic rings. The number of nitrogens with zero attached hydrogens (tertiary/aromatic N) is 2. The Balaban J connectivity index is 2.24. The number of likely N-dealkylation sites (tertiary alicyclic amines) is 1. The Bertz CT molecular complexity index is 448. The molecule has 0 spiro atoms. The number of amidine groups is 1. The monoisotopic (exact) mass is 291 g/mol. The van der Waals surface area contributed by atoms with E-state index in [9.17, 15) is 5.11 Å². The number of hydrogen-bond donors (Lipinski definition) is 3. The smallest absolute Gasteiger partial charge is 0.141 e. The standard InChI is InChI=1S/C16H25N3O2/c17-16(18-21)12-15(13-6-2-1-3-7-13)19-10-5-4-8-14(19)9-11-20/h1-3,6-7,14-15,20-21H,4-5,8-12H2,(H2,17,18). The number of rotatable bonds is 6. The summed E-state index contributed by atoms with van der Waals surface area (Å²) in [5, 5.41) is 21.3. The molecular weight excluding hydrogens is 266 g/mol. The van der Waals surface area contributed by atoms with Gasteiger partial charge in [0.15, 0.2) is 0 Å². The van der Waals surface area contributed by atoms with Crippen LogP contribution in [0.25, 0.3) is 0 Å². The normalized spacial score (nSPS) is 22.1. The summed E-state index contributed by atoms with van der Waals surface area (Å²) < 4.78 is 0. The van der Waals surface area contributed by atoms with E-state index in [0.717, 1.165) is 25.8 Å². The average Bonchev–Trinajstić information content (AvgIpc) is 2.54. The molecular formula is C16H25N3O2. The van der Waals surface area contributed by atoms with E-state index in [-0.39, 0.29) is 18.5 Å². The summed E-state index contributed by atoms with van der Waals surface area (Å²) in [6.07, 6.45) is 4.73. The molecule has 1 aliphatic heterocycles. The molecule has 2 atom stereocenters. The first-order valence-electron chi connectivity index (χ1n) is 7.64. The van der Waals surface area contributed by atoms with Crippen LogP contribution in [0, 0.1) is 0 Å². The Kier molecular flexibility index (Phi) is 6.02. The lowest BCUT2D eigenvalue weighted by atomic mass is 9.93. The molecule has 5 heteroatoms. The van der Waals surface area contributed by atoms with Gasteiger partial charge in [-0.3, -0.25) is 4.90 Å². The van der Waals surface area contributed by atoms with Gasteiger partial charge in [0.25, 0.3) is 0 Å². The molecule has 1 saturated heterocycles. The second kappa shape index (κ2) is 8.00. The van der Waals surface area contributed by atoms with E-state index in [1.54, 1.807) is 0 Å². The molecule has 4 N–H and O–H groups in total. The third-order valence-electron chi connectivity index (χ3n) is 4.25. The second-order valence-corrected chi connectivity index (χ2v) is 5.62. The zero-order valence-corrected chi connectivity index (χ0v) is 12.4. The zero-order valence-electron chi connectivity index (χ0n) is 12.4. The minimum atomic E-state index is 0.0962. The van der Waals surface area contributed by atoms with Gasteiger partial charge >= 0.3 is 0 Å². The van der Waals surface area contributed by atoms with Gasteiger partial charge in [-0.05, 0) is 31.4 Å². The molecule has 21 heavy (non-hydrogen) atoms. The Hall–Kier alpha value is -1.59. The fourth-order valence-electron chi connectivity index (χ4n) is 3.23. The van der Waals surface area contributed by atoms with E-state index in [1.165, 1.54) is 12.0 Å². The maximum atomic E-state index is 9.30. The molecule has 1 heterocycles. The zero-order chi connectivity index (χ0) is 15.1. The molecule has 1 fully saturated rings. The molecule has 0 amide bonds. The molecule has 0 aromatic heterocycles. The van der Waals surface area contributed by atoms with Gasteiger partial charge in [-0.25, -0.2) is 0 Å². The highest BCUT2D eigenvalue weighted by atomic mass is 16.4. The lowest BCUT2D eigenvalue weighted by Gasteiger charge is -2.41. The third-order valence-corrected chi connectivity index (χ3v) is 4.25. The highest BCUT2D eigenvalue weighted by Crippen LogP contribution is 2.32. The fourth-order valence-corrected chi connectivity index (χ4v) is 3.23. The Morgan fingerprint density at radius 2 is 2.10 bits per heavy atom. The van der Waals surface area contributed by atoms with Crippen molar-refractivity contribution in [3.63, 3.8) is 0 Å². The highest BCUT2D eigenvalue weighted by Gasteiger charge is 2.30.